The number of rotatable bonds is 10. The van der Waals surface area contributed by atoms with Gasteiger partial charge in [-0.05, 0) is 30.1 Å². The van der Waals surface area contributed by atoms with E-state index in [0.29, 0.717) is 0 Å². The van der Waals surface area contributed by atoms with Crippen molar-refractivity contribution in [2.24, 2.45) is 23.7 Å². The van der Waals surface area contributed by atoms with Crippen molar-refractivity contribution in [3.63, 3.8) is 0 Å². The molecule has 0 spiro atoms. The molecule has 4 atom stereocenters. The van der Waals surface area contributed by atoms with Gasteiger partial charge in [0.05, 0.1) is 0 Å². The molecule has 1 fully saturated rings. The fourth-order valence-electron chi connectivity index (χ4n) is 3.65. The number of unbranched alkanes of at least 4 members (excludes halogenated alkanes) is 1. The molecule has 0 aromatic heterocycles. The third-order valence-electron chi connectivity index (χ3n) is 5.64. The van der Waals surface area contributed by atoms with Crippen LogP contribution in [-0.2, 0) is 0 Å². The largest absolute Gasteiger partial charge is 0.0651 e. The lowest BCUT2D eigenvalue weighted by molar-refractivity contribution is 0.380. The molecule has 114 valence electrons. The average molecular weight is 267 g/mol. The second-order valence-corrected chi connectivity index (χ2v) is 7.43. The van der Waals surface area contributed by atoms with Crippen molar-refractivity contribution in [3.8, 4) is 0 Å². The fraction of sp³-hybridized carbons (Fsp3) is 1.00. The molecule has 0 amide bonds. The summed E-state index contributed by atoms with van der Waals surface area (Å²) in [6, 6.07) is 0. The normalized spacial score (nSPS) is 26.5. The van der Waals surface area contributed by atoms with Gasteiger partial charge in [-0.25, -0.2) is 0 Å². The van der Waals surface area contributed by atoms with Gasteiger partial charge in [0.2, 0.25) is 0 Å². The highest BCUT2D eigenvalue weighted by Gasteiger charge is 2.22. The van der Waals surface area contributed by atoms with Gasteiger partial charge in [0.1, 0.15) is 0 Å². The highest BCUT2D eigenvalue weighted by atomic mass is 14.3. The predicted octanol–water partition coefficient (Wildman–Crippen LogP) is 6.84. The molecule has 1 aliphatic rings. The van der Waals surface area contributed by atoms with Crippen LogP contribution < -0.4 is 0 Å². The Morgan fingerprint density at radius 1 is 0.842 bits per heavy atom. The maximum Gasteiger partial charge on any atom is -0.0412 e. The van der Waals surface area contributed by atoms with Gasteiger partial charge in [-0.15, -0.1) is 0 Å². The summed E-state index contributed by atoms with van der Waals surface area (Å²) < 4.78 is 0. The summed E-state index contributed by atoms with van der Waals surface area (Å²) in [5.41, 5.74) is 0. The van der Waals surface area contributed by atoms with Gasteiger partial charge in [0.15, 0.2) is 0 Å². The molecule has 0 bridgehead atoms. The Kier molecular flexibility index (Phi) is 8.83. The summed E-state index contributed by atoms with van der Waals surface area (Å²) in [6.45, 7) is 9.55. The van der Waals surface area contributed by atoms with Crippen LogP contribution in [0, 0.1) is 23.7 Å². The van der Waals surface area contributed by atoms with E-state index in [1.807, 2.05) is 0 Å². The average Bonchev–Trinajstić information content (AvgIpc) is 2.88. The van der Waals surface area contributed by atoms with Crippen molar-refractivity contribution in [3.05, 3.63) is 0 Å². The van der Waals surface area contributed by atoms with Gasteiger partial charge >= 0.3 is 0 Å². The summed E-state index contributed by atoms with van der Waals surface area (Å²) in [5.74, 6) is 4.05. The van der Waals surface area contributed by atoms with E-state index < -0.39 is 0 Å². The Labute approximate surface area is 122 Å². The molecule has 1 rings (SSSR count). The predicted molar refractivity (Wildman–Crippen MR) is 87.4 cm³/mol. The zero-order valence-electron chi connectivity index (χ0n) is 14.1. The van der Waals surface area contributed by atoms with Crippen molar-refractivity contribution in [1.29, 1.82) is 0 Å². The van der Waals surface area contributed by atoms with Gasteiger partial charge in [0, 0.05) is 0 Å². The topological polar surface area (TPSA) is 0 Å². The van der Waals surface area contributed by atoms with E-state index in [1.54, 1.807) is 6.42 Å². The Balaban J connectivity index is 1.95. The van der Waals surface area contributed by atoms with Gasteiger partial charge < -0.3 is 0 Å². The van der Waals surface area contributed by atoms with Crippen LogP contribution in [0.25, 0.3) is 0 Å². The van der Waals surface area contributed by atoms with Crippen LogP contribution in [0.5, 0.6) is 0 Å². The smallest absolute Gasteiger partial charge is 0.0412 e. The lowest BCUT2D eigenvalue weighted by atomic mass is 9.91. The van der Waals surface area contributed by atoms with Crippen LogP contribution in [0.4, 0.5) is 0 Å². The minimum Gasteiger partial charge on any atom is -0.0651 e. The molecule has 1 saturated carbocycles. The van der Waals surface area contributed by atoms with Gasteiger partial charge in [0.25, 0.3) is 0 Å². The SMILES string of the molecule is CCC(C)CCC(C)CCCCC1CCC(CC)C1. The summed E-state index contributed by atoms with van der Waals surface area (Å²) >= 11 is 0. The number of hydrogen-bond donors (Lipinski definition) is 0. The molecule has 0 aromatic rings. The van der Waals surface area contributed by atoms with E-state index in [0.717, 1.165) is 23.7 Å². The molecule has 0 saturated heterocycles. The summed E-state index contributed by atoms with van der Waals surface area (Å²) in [7, 11) is 0. The summed E-state index contributed by atoms with van der Waals surface area (Å²) in [4.78, 5) is 0. The highest BCUT2D eigenvalue weighted by Crippen LogP contribution is 2.36. The van der Waals surface area contributed by atoms with Crippen LogP contribution in [0.1, 0.15) is 98.3 Å². The molecule has 0 aromatic carbocycles. The van der Waals surface area contributed by atoms with Crippen LogP contribution in [0.15, 0.2) is 0 Å². The minimum atomic E-state index is 0.937. The molecule has 4 unspecified atom stereocenters. The van der Waals surface area contributed by atoms with E-state index in [-0.39, 0.29) is 0 Å². The summed E-state index contributed by atoms with van der Waals surface area (Å²) in [6.07, 6.45) is 16.2. The van der Waals surface area contributed by atoms with Crippen LogP contribution >= 0.6 is 0 Å². The Bertz CT molecular complexity index is 208. The van der Waals surface area contributed by atoms with Crippen LogP contribution in [-0.4, -0.2) is 0 Å². The molecule has 0 aliphatic heterocycles. The first-order valence-electron chi connectivity index (χ1n) is 9.15. The molecule has 19 heavy (non-hydrogen) atoms. The Morgan fingerprint density at radius 3 is 2.16 bits per heavy atom. The first kappa shape index (κ1) is 17.1. The van der Waals surface area contributed by atoms with Crippen molar-refractivity contribution in [1.82, 2.24) is 0 Å². The second-order valence-electron chi connectivity index (χ2n) is 7.43. The number of hydrogen-bond acceptors (Lipinski definition) is 0. The maximum atomic E-state index is 2.46. The minimum absolute atomic E-state index is 0.937. The molecule has 0 radical (unpaired) electrons. The van der Waals surface area contributed by atoms with Crippen molar-refractivity contribution >= 4 is 0 Å². The fourth-order valence-corrected chi connectivity index (χ4v) is 3.65. The van der Waals surface area contributed by atoms with Crippen molar-refractivity contribution < 1.29 is 0 Å². The zero-order chi connectivity index (χ0) is 14.1. The van der Waals surface area contributed by atoms with Crippen molar-refractivity contribution in [2.75, 3.05) is 0 Å². The van der Waals surface area contributed by atoms with Gasteiger partial charge in [-0.2, -0.15) is 0 Å². The maximum absolute atomic E-state index is 2.46. The lowest BCUT2D eigenvalue weighted by Crippen LogP contribution is -2.01. The highest BCUT2D eigenvalue weighted by molar-refractivity contribution is 4.74. The molecule has 1 aliphatic carbocycles. The summed E-state index contributed by atoms with van der Waals surface area (Å²) in [5, 5.41) is 0. The Morgan fingerprint density at radius 2 is 1.53 bits per heavy atom. The standard InChI is InChI=1S/C19H38/c1-5-16(3)11-12-17(4)9-7-8-10-19-14-13-18(6-2)15-19/h16-19H,5-15H2,1-4H3. The Hall–Kier alpha value is 0. The third-order valence-corrected chi connectivity index (χ3v) is 5.64. The van der Waals surface area contributed by atoms with Crippen LogP contribution in [0.3, 0.4) is 0 Å². The van der Waals surface area contributed by atoms with E-state index in [2.05, 4.69) is 27.7 Å². The molecular weight excluding hydrogens is 228 g/mol. The molecule has 0 heterocycles. The molecule has 0 nitrogen and oxygen atoms in total. The lowest BCUT2D eigenvalue weighted by Gasteiger charge is -2.15. The zero-order valence-corrected chi connectivity index (χ0v) is 14.1. The van der Waals surface area contributed by atoms with E-state index in [1.165, 1.54) is 64.2 Å². The second kappa shape index (κ2) is 9.83. The quantitative estimate of drug-likeness (QED) is 0.380. The first-order chi connectivity index (χ1) is 9.15. The van der Waals surface area contributed by atoms with E-state index in [9.17, 15) is 0 Å². The molecule has 0 heteroatoms. The molecule has 0 N–H and O–H groups in total. The van der Waals surface area contributed by atoms with E-state index in [4.69, 9.17) is 0 Å². The molecular formula is C19H38. The van der Waals surface area contributed by atoms with Gasteiger partial charge in [-0.3, -0.25) is 0 Å². The van der Waals surface area contributed by atoms with Gasteiger partial charge in [-0.1, -0.05) is 91.9 Å². The third kappa shape index (κ3) is 7.37. The first-order valence-corrected chi connectivity index (χ1v) is 9.15. The monoisotopic (exact) mass is 266 g/mol. The van der Waals surface area contributed by atoms with Crippen molar-refractivity contribution in [2.45, 2.75) is 98.3 Å². The van der Waals surface area contributed by atoms with E-state index >= 15 is 0 Å². The van der Waals surface area contributed by atoms with Crippen LogP contribution in [0.2, 0.25) is 0 Å².